The van der Waals surface area contributed by atoms with E-state index in [1.165, 1.54) is 6.07 Å². The van der Waals surface area contributed by atoms with Gasteiger partial charge in [-0.15, -0.1) is 0 Å². The summed E-state index contributed by atoms with van der Waals surface area (Å²) < 4.78 is 20.8. The molecule has 6 nitrogen and oxygen atoms in total. The van der Waals surface area contributed by atoms with Crippen LogP contribution >= 0.6 is 0 Å². The summed E-state index contributed by atoms with van der Waals surface area (Å²) in [4.78, 5) is 4.29. The zero-order valence-electron chi connectivity index (χ0n) is 17.9. The number of aromatic nitrogens is 2. The van der Waals surface area contributed by atoms with Gasteiger partial charge >= 0.3 is 0 Å². The molecule has 1 heterocycles. The van der Waals surface area contributed by atoms with Crippen LogP contribution in [-0.2, 0) is 24.4 Å². The van der Waals surface area contributed by atoms with Crippen molar-refractivity contribution in [1.29, 1.82) is 0 Å². The van der Waals surface area contributed by atoms with E-state index in [4.69, 9.17) is 4.74 Å². The van der Waals surface area contributed by atoms with Crippen molar-refractivity contribution in [1.82, 2.24) is 20.4 Å². The number of nitrogens with one attached hydrogen (secondary N) is 2. The zero-order chi connectivity index (χ0) is 21.5. The van der Waals surface area contributed by atoms with E-state index in [0.717, 1.165) is 28.2 Å². The van der Waals surface area contributed by atoms with E-state index in [-0.39, 0.29) is 12.4 Å². The summed E-state index contributed by atoms with van der Waals surface area (Å²) in [6, 6.07) is 15.2. The molecule has 0 radical (unpaired) electrons. The zero-order valence-corrected chi connectivity index (χ0v) is 17.9. The Hall–Kier alpha value is -3.19. The molecule has 0 fully saturated rings. The molecule has 0 atom stereocenters. The summed E-state index contributed by atoms with van der Waals surface area (Å²) in [5.74, 6) is 0.402. The van der Waals surface area contributed by atoms with Gasteiger partial charge in [0.1, 0.15) is 5.82 Å². The Bertz CT molecular complexity index is 1030. The van der Waals surface area contributed by atoms with Crippen LogP contribution in [0.5, 0.6) is 0 Å². The van der Waals surface area contributed by atoms with Crippen LogP contribution in [0.25, 0.3) is 5.69 Å². The molecule has 0 aliphatic carbocycles. The Labute approximate surface area is 176 Å². The lowest BCUT2D eigenvalue weighted by molar-refractivity contribution is 0.181. The largest absolute Gasteiger partial charge is 0.380 e. The molecule has 0 amide bonds. The molecular weight excluding hydrogens is 381 g/mol. The fourth-order valence-corrected chi connectivity index (χ4v) is 3.33. The first-order valence-electron chi connectivity index (χ1n) is 9.84. The van der Waals surface area contributed by atoms with Crippen molar-refractivity contribution in [3.05, 3.63) is 82.4 Å². The normalized spacial score (nSPS) is 11.6. The molecule has 0 spiro atoms. The Balaban J connectivity index is 1.66. The molecule has 0 saturated heterocycles. The molecule has 0 aliphatic heterocycles. The predicted molar refractivity (Wildman–Crippen MR) is 117 cm³/mol. The number of aryl methyl sites for hydroxylation is 2. The van der Waals surface area contributed by atoms with Gasteiger partial charge in [0.25, 0.3) is 0 Å². The van der Waals surface area contributed by atoms with E-state index in [1.807, 2.05) is 30.7 Å². The highest BCUT2D eigenvalue weighted by Gasteiger charge is 2.09. The van der Waals surface area contributed by atoms with Crippen LogP contribution in [0.2, 0.25) is 0 Å². The van der Waals surface area contributed by atoms with Crippen LogP contribution in [0.15, 0.2) is 53.5 Å². The summed E-state index contributed by atoms with van der Waals surface area (Å²) >= 11 is 0. The van der Waals surface area contributed by atoms with E-state index in [2.05, 4.69) is 38.9 Å². The van der Waals surface area contributed by atoms with Crippen LogP contribution in [-0.4, -0.2) is 29.9 Å². The van der Waals surface area contributed by atoms with Gasteiger partial charge in [-0.2, -0.15) is 5.10 Å². The maximum absolute atomic E-state index is 13.8. The van der Waals surface area contributed by atoms with Gasteiger partial charge in [-0.3, -0.25) is 4.99 Å². The third kappa shape index (κ3) is 5.24. The number of hydrogen-bond donors (Lipinski definition) is 2. The Morgan fingerprint density at radius 1 is 1.07 bits per heavy atom. The first-order valence-corrected chi connectivity index (χ1v) is 9.84. The molecule has 0 bridgehead atoms. The molecule has 0 unspecified atom stereocenters. The van der Waals surface area contributed by atoms with E-state index < -0.39 is 0 Å². The standard InChI is InChI=1S/C23H28FN5O/c1-16-11-17(2)29(28-16)22-8-6-5-7-19(22)14-27-23(25-3)26-13-18-9-10-21(24)20(12-18)15-30-4/h5-12H,13-15H2,1-4H3,(H2,25,26,27). The lowest BCUT2D eigenvalue weighted by Crippen LogP contribution is -2.36. The average Bonchev–Trinajstić information content (AvgIpc) is 3.08. The number of halogens is 1. The first kappa shape index (κ1) is 21.5. The van der Waals surface area contributed by atoms with Gasteiger partial charge in [0.2, 0.25) is 0 Å². The van der Waals surface area contributed by atoms with Crippen molar-refractivity contribution in [2.24, 2.45) is 4.99 Å². The SMILES string of the molecule is CN=C(NCc1ccc(F)c(COC)c1)NCc1ccccc1-n1nc(C)cc1C. The molecule has 0 aliphatic rings. The quantitative estimate of drug-likeness (QED) is 0.462. The van der Waals surface area contributed by atoms with Crippen molar-refractivity contribution in [2.45, 2.75) is 33.5 Å². The summed E-state index contributed by atoms with van der Waals surface area (Å²) in [5.41, 5.74) is 5.71. The highest BCUT2D eigenvalue weighted by Crippen LogP contribution is 2.17. The van der Waals surface area contributed by atoms with Gasteiger partial charge < -0.3 is 15.4 Å². The monoisotopic (exact) mass is 409 g/mol. The maximum atomic E-state index is 13.8. The lowest BCUT2D eigenvalue weighted by Gasteiger charge is -2.15. The number of hydrogen-bond acceptors (Lipinski definition) is 3. The predicted octanol–water partition coefficient (Wildman–Crippen LogP) is 3.64. The van der Waals surface area contributed by atoms with E-state index in [9.17, 15) is 4.39 Å². The Morgan fingerprint density at radius 3 is 2.53 bits per heavy atom. The smallest absolute Gasteiger partial charge is 0.191 e. The highest BCUT2D eigenvalue weighted by molar-refractivity contribution is 5.79. The first-order chi connectivity index (χ1) is 14.5. The van der Waals surface area contributed by atoms with E-state index in [1.54, 1.807) is 26.3 Å². The fraction of sp³-hybridized carbons (Fsp3) is 0.304. The molecule has 1 aromatic heterocycles. The summed E-state index contributed by atoms with van der Waals surface area (Å²) in [6.45, 7) is 5.40. The highest BCUT2D eigenvalue weighted by atomic mass is 19.1. The minimum Gasteiger partial charge on any atom is -0.380 e. The summed E-state index contributed by atoms with van der Waals surface area (Å²) in [7, 11) is 3.28. The van der Waals surface area contributed by atoms with Gasteiger partial charge in [-0.25, -0.2) is 9.07 Å². The van der Waals surface area contributed by atoms with E-state index in [0.29, 0.717) is 24.6 Å². The minimum absolute atomic E-state index is 0.246. The number of ether oxygens (including phenoxy) is 1. The number of aliphatic imine (C=N–C) groups is 1. The second kappa shape index (κ2) is 10.0. The van der Waals surface area contributed by atoms with Gasteiger partial charge in [0.05, 0.1) is 18.0 Å². The van der Waals surface area contributed by atoms with Crippen molar-refractivity contribution in [2.75, 3.05) is 14.2 Å². The molecular formula is C23H28FN5O. The molecule has 3 rings (SSSR count). The average molecular weight is 410 g/mol. The molecule has 30 heavy (non-hydrogen) atoms. The number of guanidine groups is 1. The molecule has 0 saturated carbocycles. The van der Waals surface area contributed by atoms with Crippen LogP contribution in [0.1, 0.15) is 28.1 Å². The van der Waals surface area contributed by atoms with Crippen molar-refractivity contribution >= 4 is 5.96 Å². The molecule has 7 heteroatoms. The third-order valence-corrected chi connectivity index (χ3v) is 4.77. The number of rotatable bonds is 7. The number of para-hydroxylation sites is 1. The lowest BCUT2D eigenvalue weighted by atomic mass is 10.1. The van der Waals surface area contributed by atoms with Gasteiger partial charge in [-0.05, 0) is 49.2 Å². The Kier molecular flexibility index (Phi) is 7.19. The van der Waals surface area contributed by atoms with Gasteiger partial charge in [0, 0.05) is 38.5 Å². The molecule has 2 N–H and O–H groups in total. The number of benzene rings is 2. The topological polar surface area (TPSA) is 63.5 Å². The number of nitrogens with zero attached hydrogens (tertiary/aromatic N) is 3. The van der Waals surface area contributed by atoms with Gasteiger partial charge in [0.15, 0.2) is 5.96 Å². The maximum Gasteiger partial charge on any atom is 0.191 e. The Morgan fingerprint density at radius 2 is 1.83 bits per heavy atom. The molecule has 3 aromatic rings. The van der Waals surface area contributed by atoms with E-state index >= 15 is 0 Å². The van der Waals surface area contributed by atoms with Crippen LogP contribution in [0.3, 0.4) is 0 Å². The van der Waals surface area contributed by atoms with Crippen LogP contribution < -0.4 is 10.6 Å². The summed E-state index contributed by atoms with van der Waals surface area (Å²) in [6.07, 6.45) is 0. The second-order valence-corrected chi connectivity index (χ2v) is 7.11. The van der Waals surface area contributed by atoms with Gasteiger partial charge in [-0.1, -0.05) is 24.3 Å². The van der Waals surface area contributed by atoms with Crippen molar-refractivity contribution < 1.29 is 9.13 Å². The molecule has 2 aromatic carbocycles. The van der Waals surface area contributed by atoms with Crippen molar-refractivity contribution in [3.8, 4) is 5.69 Å². The number of methoxy groups -OCH3 is 1. The van der Waals surface area contributed by atoms with Crippen LogP contribution in [0.4, 0.5) is 4.39 Å². The fourth-order valence-electron chi connectivity index (χ4n) is 3.33. The minimum atomic E-state index is -0.260. The third-order valence-electron chi connectivity index (χ3n) is 4.77. The summed E-state index contributed by atoms with van der Waals surface area (Å²) in [5, 5.41) is 11.2. The van der Waals surface area contributed by atoms with Crippen LogP contribution in [0, 0.1) is 19.7 Å². The molecule has 158 valence electrons. The van der Waals surface area contributed by atoms with Crippen molar-refractivity contribution in [3.63, 3.8) is 0 Å². The second-order valence-electron chi connectivity index (χ2n) is 7.11.